The van der Waals surface area contributed by atoms with Gasteiger partial charge in [-0.05, 0) is 40.8 Å². The number of benzene rings is 1. The fourth-order valence-corrected chi connectivity index (χ4v) is 2.47. The predicted molar refractivity (Wildman–Crippen MR) is 81.4 cm³/mol. The van der Waals surface area contributed by atoms with E-state index in [1.54, 1.807) is 22.6 Å². The zero-order chi connectivity index (χ0) is 17.2. The second-order valence-corrected chi connectivity index (χ2v) is 5.55. The molecular formula is C13H10F3IN2O4. The summed E-state index contributed by atoms with van der Waals surface area (Å²) in [5.74, 6) is -1.58. The Morgan fingerprint density at radius 2 is 2.00 bits per heavy atom. The van der Waals surface area contributed by atoms with Gasteiger partial charge in [-0.3, -0.25) is 14.5 Å². The third-order valence-corrected chi connectivity index (χ3v) is 3.67. The van der Waals surface area contributed by atoms with E-state index >= 15 is 0 Å². The van der Waals surface area contributed by atoms with Crippen molar-refractivity contribution in [3.63, 3.8) is 0 Å². The van der Waals surface area contributed by atoms with Crippen molar-refractivity contribution in [1.29, 1.82) is 0 Å². The van der Waals surface area contributed by atoms with Crippen molar-refractivity contribution in [2.24, 2.45) is 0 Å². The Bertz CT molecular complexity index is 676. The number of ether oxygens (including phenoxy) is 1. The molecule has 0 saturated heterocycles. The fraction of sp³-hybridized carbons (Fsp3) is 0.231. The van der Waals surface area contributed by atoms with Crippen LogP contribution in [0.1, 0.15) is 0 Å². The van der Waals surface area contributed by atoms with Gasteiger partial charge in [-0.25, -0.2) is 0 Å². The Morgan fingerprint density at radius 3 is 2.57 bits per heavy atom. The van der Waals surface area contributed by atoms with Gasteiger partial charge in [-0.2, -0.15) is 0 Å². The van der Waals surface area contributed by atoms with Crippen LogP contribution in [0.25, 0.3) is 0 Å². The lowest BCUT2D eigenvalue weighted by Gasteiger charge is -2.15. The van der Waals surface area contributed by atoms with Gasteiger partial charge in [0.2, 0.25) is 0 Å². The lowest BCUT2D eigenvalue weighted by atomic mass is 10.3. The van der Waals surface area contributed by atoms with Gasteiger partial charge in [-0.15, -0.1) is 13.2 Å². The number of halogens is 4. The second kappa shape index (κ2) is 6.74. The Balaban J connectivity index is 2.14. The first-order valence-electron chi connectivity index (χ1n) is 6.22. The minimum absolute atomic E-state index is 0.0224. The molecule has 1 aromatic carbocycles. The lowest BCUT2D eigenvalue weighted by Crippen LogP contribution is -2.34. The molecular weight excluding hydrogens is 432 g/mol. The maximum atomic E-state index is 12.2. The maximum absolute atomic E-state index is 12.2. The van der Waals surface area contributed by atoms with Gasteiger partial charge >= 0.3 is 6.36 Å². The molecule has 0 aromatic heterocycles. The van der Waals surface area contributed by atoms with Crippen LogP contribution in [0, 0.1) is 3.57 Å². The summed E-state index contributed by atoms with van der Waals surface area (Å²) in [4.78, 5) is 24.4. The third-order valence-electron chi connectivity index (χ3n) is 2.78. The number of rotatable bonds is 5. The minimum atomic E-state index is -4.79. The summed E-state index contributed by atoms with van der Waals surface area (Å²) < 4.78 is 40.6. The van der Waals surface area contributed by atoms with Crippen LogP contribution in [0.5, 0.6) is 5.75 Å². The Morgan fingerprint density at radius 1 is 1.30 bits per heavy atom. The zero-order valence-electron chi connectivity index (χ0n) is 11.4. The van der Waals surface area contributed by atoms with E-state index in [9.17, 15) is 22.8 Å². The molecule has 0 saturated carbocycles. The van der Waals surface area contributed by atoms with Crippen LogP contribution in [0.4, 0.5) is 18.9 Å². The molecule has 23 heavy (non-hydrogen) atoms. The molecule has 0 radical (unpaired) electrons. The number of carbonyl (C=O) groups is 2. The van der Waals surface area contributed by atoms with Crippen LogP contribution in [-0.4, -0.2) is 41.3 Å². The normalized spacial score (nSPS) is 15.0. The van der Waals surface area contributed by atoms with Gasteiger partial charge in [0, 0.05) is 9.65 Å². The molecule has 1 heterocycles. The first-order chi connectivity index (χ1) is 10.7. The highest BCUT2D eigenvalue weighted by Crippen LogP contribution is 2.29. The number of nitrogens with one attached hydrogen (secondary N) is 1. The number of amides is 2. The molecule has 1 aliphatic heterocycles. The van der Waals surface area contributed by atoms with Crippen LogP contribution in [0.3, 0.4) is 0 Å². The van der Waals surface area contributed by atoms with Gasteiger partial charge in [0.1, 0.15) is 11.4 Å². The molecule has 0 atom stereocenters. The summed E-state index contributed by atoms with van der Waals surface area (Å²) in [6.45, 7) is -0.492. The average Bonchev–Trinajstić information content (AvgIpc) is 2.68. The monoisotopic (exact) mass is 442 g/mol. The number of aliphatic hydroxyl groups excluding tert-OH is 1. The molecule has 10 heteroatoms. The second-order valence-electron chi connectivity index (χ2n) is 4.39. The van der Waals surface area contributed by atoms with E-state index in [1.165, 1.54) is 6.07 Å². The van der Waals surface area contributed by atoms with Crippen molar-refractivity contribution < 1.29 is 32.6 Å². The van der Waals surface area contributed by atoms with Gasteiger partial charge in [0.05, 0.1) is 18.8 Å². The van der Waals surface area contributed by atoms with Crippen molar-refractivity contribution in [1.82, 2.24) is 4.90 Å². The van der Waals surface area contributed by atoms with Crippen molar-refractivity contribution in [3.8, 4) is 5.75 Å². The number of hydrogen-bond donors (Lipinski definition) is 2. The van der Waals surface area contributed by atoms with E-state index in [1.807, 2.05) is 0 Å². The van der Waals surface area contributed by atoms with Crippen LogP contribution in [0.2, 0.25) is 0 Å². The zero-order valence-corrected chi connectivity index (χ0v) is 13.5. The summed E-state index contributed by atoms with van der Waals surface area (Å²) in [5, 5.41) is 11.5. The molecule has 1 aliphatic rings. The number of imide groups is 1. The highest BCUT2D eigenvalue weighted by Gasteiger charge is 2.32. The molecule has 6 nitrogen and oxygen atoms in total. The largest absolute Gasteiger partial charge is 0.573 e. The molecule has 0 fully saturated rings. The molecule has 2 rings (SSSR count). The first kappa shape index (κ1) is 17.5. The molecule has 2 N–H and O–H groups in total. The summed E-state index contributed by atoms with van der Waals surface area (Å²) in [6.07, 6.45) is -3.73. The van der Waals surface area contributed by atoms with Gasteiger partial charge < -0.3 is 15.2 Å². The third kappa shape index (κ3) is 4.34. The first-order valence-corrected chi connectivity index (χ1v) is 7.30. The highest BCUT2D eigenvalue weighted by atomic mass is 127. The number of aliphatic hydroxyl groups is 1. The number of alkyl halides is 3. The lowest BCUT2D eigenvalue weighted by molar-refractivity contribution is -0.274. The van der Waals surface area contributed by atoms with E-state index < -0.39 is 23.9 Å². The van der Waals surface area contributed by atoms with E-state index in [4.69, 9.17) is 5.11 Å². The predicted octanol–water partition coefficient (Wildman–Crippen LogP) is 1.85. The van der Waals surface area contributed by atoms with Crippen molar-refractivity contribution in [3.05, 3.63) is 33.5 Å². The summed E-state index contributed by atoms with van der Waals surface area (Å²) in [6, 6.07) is 3.53. The SMILES string of the molecule is O=C1C=C(Nc2ccc(OC(F)(F)F)cc2I)C(=O)N1CCO. The topological polar surface area (TPSA) is 78.9 Å². The average molecular weight is 442 g/mol. The molecule has 0 aliphatic carbocycles. The fourth-order valence-electron chi connectivity index (χ4n) is 1.85. The smallest absolute Gasteiger partial charge is 0.406 e. The van der Waals surface area contributed by atoms with E-state index in [0.29, 0.717) is 9.26 Å². The maximum Gasteiger partial charge on any atom is 0.573 e. The molecule has 2 amide bonds. The number of nitrogens with zero attached hydrogens (tertiary/aromatic N) is 1. The van der Waals surface area contributed by atoms with E-state index in [-0.39, 0.29) is 18.8 Å². The number of β-amino-alcohol motifs (C(OH)–C–C–N with tert-alkyl or cyclic N) is 1. The number of carbonyl (C=O) groups excluding carboxylic acids is 2. The molecule has 0 spiro atoms. The Labute approximate surface area is 142 Å². The van der Waals surface area contributed by atoms with Crippen LogP contribution in [0.15, 0.2) is 30.0 Å². The van der Waals surface area contributed by atoms with E-state index in [0.717, 1.165) is 23.1 Å². The van der Waals surface area contributed by atoms with Crippen LogP contribution in [-0.2, 0) is 9.59 Å². The van der Waals surface area contributed by atoms with Crippen LogP contribution < -0.4 is 10.1 Å². The minimum Gasteiger partial charge on any atom is -0.406 e. The van der Waals surface area contributed by atoms with Crippen molar-refractivity contribution in [2.75, 3.05) is 18.5 Å². The van der Waals surface area contributed by atoms with Gasteiger partial charge in [0.15, 0.2) is 0 Å². The molecule has 0 unspecified atom stereocenters. The number of hydrogen-bond acceptors (Lipinski definition) is 5. The summed E-state index contributed by atoms with van der Waals surface area (Å²) in [5.41, 5.74) is 0.323. The number of anilines is 1. The quantitative estimate of drug-likeness (QED) is 0.538. The summed E-state index contributed by atoms with van der Waals surface area (Å²) in [7, 11) is 0. The van der Waals surface area contributed by atoms with Crippen molar-refractivity contribution in [2.45, 2.75) is 6.36 Å². The van der Waals surface area contributed by atoms with Gasteiger partial charge in [-0.1, -0.05) is 0 Å². The summed E-state index contributed by atoms with van der Waals surface area (Å²) >= 11 is 1.77. The standard InChI is InChI=1S/C13H10F3IN2O4/c14-13(15,16)23-7-1-2-9(8(17)5-7)18-10-6-11(21)19(3-4-20)12(10)22/h1-2,5-6,18,20H,3-4H2. The highest BCUT2D eigenvalue weighted by molar-refractivity contribution is 14.1. The Kier molecular flexibility index (Phi) is 5.14. The van der Waals surface area contributed by atoms with Crippen LogP contribution >= 0.6 is 22.6 Å². The Hall–Kier alpha value is -1.82. The molecule has 1 aromatic rings. The van der Waals surface area contributed by atoms with Crippen molar-refractivity contribution >= 4 is 40.1 Å². The van der Waals surface area contributed by atoms with Gasteiger partial charge in [0.25, 0.3) is 11.8 Å². The molecule has 0 bridgehead atoms. The molecule has 124 valence electrons. The van der Waals surface area contributed by atoms with E-state index in [2.05, 4.69) is 10.1 Å².